The minimum Gasteiger partial charge on any atom is -0.395 e. The molecular formula is C7H9BrClNO2. The number of nitrogens with zero attached hydrogens (tertiary/aromatic N) is 1. The van der Waals surface area contributed by atoms with E-state index in [1.807, 2.05) is 0 Å². The van der Waals surface area contributed by atoms with Crippen LogP contribution in [0.4, 0.5) is 0 Å². The molecule has 1 aromatic heterocycles. The van der Waals surface area contributed by atoms with E-state index in [1.54, 1.807) is 12.3 Å². The molecule has 1 rings (SSSR count). The number of aromatic nitrogens is 1. The highest BCUT2D eigenvalue weighted by Gasteiger charge is 1.93. The highest BCUT2D eigenvalue weighted by atomic mass is 79.9. The fourth-order valence-electron chi connectivity index (χ4n) is 0.785. The number of hydrogen-bond acceptors (Lipinski definition) is 2. The second-order valence-electron chi connectivity index (χ2n) is 2.10. The molecule has 68 valence electrons. The van der Waals surface area contributed by atoms with E-state index < -0.39 is 0 Å². The highest BCUT2D eigenvalue weighted by Crippen LogP contribution is 2.04. The Bertz CT molecular complexity index is 300. The Morgan fingerprint density at radius 1 is 1.50 bits per heavy atom. The zero-order valence-corrected chi connectivity index (χ0v) is 8.64. The molecule has 0 aliphatic carbocycles. The van der Waals surface area contributed by atoms with Crippen molar-refractivity contribution in [3.8, 4) is 0 Å². The topological polar surface area (TPSA) is 42.2 Å². The molecule has 0 aromatic carbocycles. The third-order valence-corrected chi connectivity index (χ3v) is 1.76. The van der Waals surface area contributed by atoms with E-state index in [2.05, 4.69) is 15.9 Å². The van der Waals surface area contributed by atoms with Crippen LogP contribution in [0.1, 0.15) is 0 Å². The molecule has 1 N–H and O–H groups in total. The quantitative estimate of drug-likeness (QED) is 0.856. The predicted octanol–water partition coefficient (Wildman–Crippen LogP) is 1.02. The van der Waals surface area contributed by atoms with Gasteiger partial charge in [0.05, 0.1) is 6.61 Å². The van der Waals surface area contributed by atoms with Gasteiger partial charge in [0.15, 0.2) is 0 Å². The average molecular weight is 255 g/mol. The minimum atomic E-state index is -0.0951. The number of rotatable bonds is 2. The smallest absolute Gasteiger partial charge is 0.250 e. The molecule has 0 bridgehead atoms. The van der Waals surface area contributed by atoms with E-state index in [-0.39, 0.29) is 24.6 Å². The van der Waals surface area contributed by atoms with Crippen LogP contribution < -0.4 is 5.56 Å². The third kappa shape index (κ3) is 2.97. The van der Waals surface area contributed by atoms with Gasteiger partial charge in [0.1, 0.15) is 0 Å². The standard InChI is InChI=1S/C7H8BrNO2.ClH/c8-6-1-2-7(11)9(5-6)3-4-10;/h1-2,5,10H,3-4H2;1H. The van der Waals surface area contributed by atoms with Crippen LogP contribution in [0.2, 0.25) is 0 Å². The second kappa shape index (κ2) is 5.35. The van der Waals surface area contributed by atoms with Gasteiger partial charge < -0.3 is 9.67 Å². The van der Waals surface area contributed by atoms with Gasteiger partial charge in [-0.25, -0.2) is 0 Å². The van der Waals surface area contributed by atoms with Crippen molar-refractivity contribution in [1.29, 1.82) is 0 Å². The number of pyridine rings is 1. The maximum absolute atomic E-state index is 11.0. The summed E-state index contributed by atoms with van der Waals surface area (Å²) in [5, 5.41) is 8.56. The number of aliphatic hydroxyl groups excluding tert-OH is 1. The second-order valence-corrected chi connectivity index (χ2v) is 3.02. The first-order valence-electron chi connectivity index (χ1n) is 3.21. The molecule has 0 radical (unpaired) electrons. The average Bonchev–Trinajstić information content (AvgIpc) is 1.98. The van der Waals surface area contributed by atoms with Crippen LogP contribution >= 0.6 is 28.3 Å². The zero-order valence-electron chi connectivity index (χ0n) is 6.24. The number of aliphatic hydroxyl groups is 1. The van der Waals surface area contributed by atoms with E-state index in [9.17, 15) is 4.79 Å². The molecule has 3 nitrogen and oxygen atoms in total. The Balaban J connectivity index is 0.00000121. The lowest BCUT2D eigenvalue weighted by atomic mass is 10.5. The molecule has 0 saturated heterocycles. The van der Waals surface area contributed by atoms with E-state index in [1.165, 1.54) is 10.6 Å². The van der Waals surface area contributed by atoms with Crippen molar-refractivity contribution >= 4 is 28.3 Å². The normalized spacial score (nSPS) is 9.17. The first-order chi connectivity index (χ1) is 5.24. The molecule has 0 amide bonds. The summed E-state index contributed by atoms with van der Waals surface area (Å²) in [7, 11) is 0. The van der Waals surface area contributed by atoms with Crippen LogP contribution in [0, 0.1) is 0 Å². The van der Waals surface area contributed by atoms with Crippen molar-refractivity contribution in [3.63, 3.8) is 0 Å². The van der Waals surface area contributed by atoms with Crippen molar-refractivity contribution in [2.45, 2.75) is 6.54 Å². The lowest BCUT2D eigenvalue weighted by Gasteiger charge is -2.01. The summed E-state index contributed by atoms with van der Waals surface area (Å²) in [4.78, 5) is 11.0. The highest BCUT2D eigenvalue weighted by molar-refractivity contribution is 9.10. The van der Waals surface area contributed by atoms with Crippen LogP contribution in [-0.4, -0.2) is 16.3 Å². The van der Waals surface area contributed by atoms with Gasteiger partial charge in [0, 0.05) is 23.3 Å². The summed E-state index contributed by atoms with van der Waals surface area (Å²) in [6.45, 7) is 0.328. The Kier molecular flexibility index (Phi) is 5.20. The fourth-order valence-corrected chi connectivity index (χ4v) is 1.16. The molecule has 0 unspecified atom stereocenters. The molecule has 1 heterocycles. The maximum atomic E-state index is 11.0. The maximum Gasteiger partial charge on any atom is 0.250 e. The summed E-state index contributed by atoms with van der Waals surface area (Å²) in [5.74, 6) is 0. The van der Waals surface area contributed by atoms with Crippen molar-refractivity contribution in [2.75, 3.05) is 6.61 Å². The molecule has 0 aliphatic heterocycles. The third-order valence-electron chi connectivity index (χ3n) is 1.29. The molecule has 0 atom stereocenters. The van der Waals surface area contributed by atoms with Gasteiger partial charge in [-0.3, -0.25) is 4.79 Å². The number of hydrogen-bond donors (Lipinski definition) is 1. The molecule has 0 spiro atoms. The van der Waals surface area contributed by atoms with Gasteiger partial charge in [-0.1, -0.05) is 0 Å². The minimum absolute atomic E-state index is 0. The van der Waals surface area contributed by atoms with Crippen LogP contribution in [-0.2, 0) is 6.54 Å². The molecular weight excluding hydrogens is 245 g/mol. The zero-order chi connectivity index (χ0) is 8.27. The Labute approximate surface area is 84.6 Å². The summed E-state index contributed by atoms with van der Waals surface area (Å²) in [5.41, 5.74) is -0.0951. The molecule has 0 aliphatic rings. The van der Waals surface area contributed by atoms with E-state index in [0.29, 0.717) is 6.54 Å². The van der Waals surface area contributed by atoms with Gasteiger partial charge in [0.25, 0.3) is 5.56 Å². The van der Waals surface area contributed by atoms with Crippen LogP contribution in [0.15, 0.2) is 27.6 Å². The van der Waals surface area contributed by atoms with E-state index in [0.717, 1.165) is 4.47 Å². The number of halogens is 2. The fraction of sp³-hybridized carbons (Fsp3) is 0.286. The molecule has 0 saturated carbocycles. The van der Waals surface area contributed by atoms with Gasteiger partial charge in [0.2, 0.25) is 0 Å². The van der Waals surface area contributed by atoms with Crippen molar-refractivity contribution in [2.24, 2.45) is 0 Å². The van der Waals surface area contributed by atoms with Crippen LogP contribution in [0.5, 0.6) is 0 Å². The summed E-state index contributed by atoms with van der Waals surface area (Å²) >= 11 is 3.22. The first kappa shape index (κ1) is 11.7. The summed E-state index contributed by atoms with van der Waals surface area (Å²) in [6, 6.07) is 3.13. The van der Waals surface area contributed by atoms with Crippen LogP contribution in [0.25, 0.3) is 0 Å². The van der Waals surface area contributed by atoms with Gasteiger partial charge in [-0.15, -0.1) is 12.4 Å². The Morgan fingerprint density at radius 2 is 2.17 bits per heavy atom. The largest absolute Gasteiger partial charge is 0.395 e. The monoisotopic (exact) mass is 253 g/mol. The summed E-state index contributed by atoms with van der Waals surface area (Å²) in [6.07, 6.45) is 1.65. The lowest BCUT2D eigenvalue weighted by molar-refractivity contribution is 0.274. The molecule has 5 heteroatoms. The first-order valence-corrected chi connectivity index (χ1v) is 4.00. The SMILES string of the molecule is Cl.O=c1ccc(Br)cn1CCO. The van der Waals surface area contributed by atoms with E-state index >= 15 is 0 Å². The van der Waals surface area contributed by atoms with Crippen molar-refractivity contribution in [1.82, 2.24) is 4.57 Å². The molecule has 12 heavy (non-hydrogen) atoms. The molecule has 1 aromatic rings. The summed E-state index contributed by atoms with van der Waals surface area (Å²) < 4.78 is 2.29. The van der Waals surface area contributed by atoms with Crippen molar-refractivity contribution < 1.29 is 5.11 Å². The van der Waals surface area contributed by atoms with Gasteiger partial charge >= 0.3 is 0 Å². The van der Waals surface area contributed by atoms with Gasteiger partial charge in [-0.05, 0) is 22.0 Å². The van der Waals surface area contributed by atoms with Gasteiger partial charge in [-0.2, -0.15) is 0 Å². The predicted molar refractivity (Wildman–Crippen MR) is 52.7 cm³/mol. The van der Waals surface area contributed by atoms with Crippen LogP contribution in [0.3, 0.4) is 0 Å². The van der Waals surface area contributed by atoms with Crippen molar-refractivity contribution in [3.05, 3.63) is 33.2 Å². The lowest BCUT2D eigenvalue weighted by Crippen LogP contribution is -2.19. The Hall–Kier alpha value is -0.320. The Morgan fingerprint density at radius 3 is 2.75 bits per heavy atom. The molecule has 0 fully saturated rings. The van der Waals surface area contributed by atoms with E-state index in [4.69, 9.17) is 5.11 Å².